The van der Waals surface area contributed by atoms with E-state index in [0.717, 1.165) is 24.3 Å². The smallest absolute Gasteiger partial charge is 0.147 e. The minimum Gasteiger partial charge on any atom is -0.298 e. The zero-order chi connectivity index (χ0) is 11.7. The van der Waals surface area contributed by atoms with Crippen LogP contribution in [0.3, 0.4) is 0 Å². The van der Waals surface area contributed by atoms with Crippen LogP contribution in [-0.2, 0) is 11.2 Å². The second-order valence-corrected chi connectivity index (χ2v) is 7.17. The van der Waals surface area contributed by atoms with Crippen LogP contribution in [0.2, 0.25) is 0 Å². The third-order valence-electron chi connectivity index (χ3n) is 3.58. The summed E-state index contributed by atoms with van der Waals surface area (Å²) in [6.07, 6.45) is 1.86. The van der Waals surface area contributed by atoms with Crippen molar-refractivity contribution in [3.8, 4) is 0 Å². The lowest BCUT2D eigenvalue weighted by Crippen LogP contribution is -2.28. The van der Waals surface area contributed by atoms with Crippen molar-refractivity contribution in [3.05, 3.63) is 35.4 Å². The number of rotatable bonds is 3. The first-order chi connectivity index (χ1) is 8.34. The molecule has 1 fully saturated rings. The summed E-state index contributed by atoms with van der Waals surface area (Å²) in [4.78, 5) is 12.2. The molecular formula is C14H16OS2. The molecule has 2 aliphatic rings. The molecule has 2 atom stereocenters. The quantitative estimate of drug-likeness (QED) is 0.835. The fraction of sp³-hybridized carbons (Fsp3) is 0.500. The minimum absolute atomic E-state index is 0.265. The Bertz CT molecular complexity index is 424. The molecule has 0 amide bonds. The molecule has 0 bridgehead atoms. The molecule has 0 aromatic heterocycles. The van der Waals surface area contributed by atoms with Gasteiger partial charge >= 0.3 is 0 Å². The summed E-state index contributed by atoms with van der Waals surface area (Å²) in [5.41, 5.74) is 2.85. The molecule has 1 nitrogen and oxygen atoms in total. The molecule has 0 spiro atoms. The predicted molar refractivity (Wildman–Crippen MR) is 76.1 cm³/mol. The average Bonchev–Trinajstić information content (AvgIpc) is 2.37. The Kier molecular flexibility index (Phi) is 3.48. The molecule has 1 aliphatic heterocycles. The summed E-state index contributed by atoms with van der Waals surface area (Å²) in [5, 5.41) is 0.265. The molecule has 1 saturated heterocycles. The normalized spacial score (nSPS) is 27.1. The highest BCUT2D eigenvalue weighted by Crippen LogP contribution is 2.38. The van der Waals surface area contributed by atoms with Crippen molar-refractivity contribution >= 4 is 29.3 Å². The maximum Gasteiger partial charge on any atom is 0.147 e. The molecule has 1 aliphatic carbocycles. The number of fused-ring (bicyclic) bond motifs is 1. The SMILES string of the molecule is O=C(CC1Cc2ccccc21)C1CSCCS1. The highest BCUT2D eigenvalue weighted by atomic mass is 32.2. The third-order valence-corrected chi connectivity index (χ3v) is 6.39. The zero-order valence-corrected chi connectivity index (χ0v) is 11.4. The lowest BCUT2D eigenvalue weighted by molar-refractivity contribution is -0.118. The van der Waals surface area contributed by atoms with Crippen LogP contribution < -0.4 is 0 Å². The molecule has 0 saturated carbocycles. The Morgan fingerprint density at radius 1 is 1.29 bits per heavy atom. The molecule has 0 N–H and O–H groups in total. The number of Topliss-reactive ketones (excluding diaryl/α,β-unsaturated/α-hetero) is 1. The monoisotopic (exact) mass is 264 g/mol. The van der Waals surface area contributed by atoms with Gasteiger partial charge in [-0.05, 0) is 23.5 Å². The van der Waals surface area contributed by atoms with E-state index in [1.807, 2.05) is 23.5 Å². The van der Waals surface area contributed by atoms with E-state index in [2.05, 4.69) is 24.3 Å². The van der Waals surface area contributed by atoms with Crippen molar-refractivity contribution in [2.75, 3.05) is 17.3 Å². The topological polar surface area (TPSA) is 17.1 Å². The predicted octanol–water partition coefficient (Wildman–Crippen LogP) is 3.13. The van der Waals surface area contributed by atoms with E-state index in [1.165, 1.54) is 16.9 Å². The van der Waals surface area contributed by atoms with Gasteiger partial charge in [0.25, 0.3) is 0 Å². The summed E-state index contributed by atoms with van der Waals surface area (Å²) in [6.45, 7) is 0. The maximum atomic E-state index is 12.2. The molecule has 0 radical (unpaired) electrons. The Labute approximate surface area is 111 Å². The highest BCUT2D eigenvalue weighted by Gasteiger charge is 2.30. The molecule has 1 aromatic rings. The van der Waals surface area contributed by atoms with Gasteiger partial charge in [0.15, 0.2) is 0 Å². The lowest BCUT2D eigenvalue weighted by Gasteiger charge is -2.31. The van der Waals surface area contributed by atoms with Crippen LogP contribution in [0, 0.1) is 0 Å². The van der Waals surface area contributed by atoms with Crippen LogP contribution in [0.4, 0.5) is 0 Å². The number of ketones is 1. The van der Waals surface area contributed by atoms with Crippen LogP contribution in [-0.4, -0.2) is 28.3 Å². The largest absolute Gasteiger partial charge is 0.298 e. The van der Waals surface area contributed by atoms with Crippen LogP contribution in [0.25, 0.3) is 0 Å². The van der Waals surface area contributed by atoms with E-state index in [1.54, 1.807) is 0 Å². The molecular weight excluding hydrogens is 248 g/mol. The van der Waals surface area contributed by atoms with Crippen molar-refractivity contribution in [3.63, 3.8) is 0 Å². The Morgan fingerprint density at radius 2 is 2.18 bits per heavy atom. The summed E-state index contributed by atoms with van der Waals surface area (Å²) < 4.78 is 0. The van der Waals surface area contributed by atoms with Crippen LogP contribution in [0.15, 0.2) is 24.3 Å². The van der Waals surface area contributed by atoms with Gasteiger partial charge in [-0.15, -0.1) is 11.8 Å². The fourth-order valence-electron chi connectivity index (χ4n) is 2.59. The van der Waals surface area contributed by atoms with Gasteiger partial charge in [0.2, 0.25) is 0 Å². The van der Waals surface area contributed by atoms with Gasteiger partial charge in [-0.1, -0.05) is 24.3 Å². The van der Waals surface area contributed by atoms with E-state index in [-0.39, 0.29) is 5.25 Å². The van der Waals surface area contributed by atoms with E-state index >= 15 is 0 Å². The molecule has 3 rings (SSSR count). The molecule has 3 heteroatoms. The first-order valence-corrected chi connectivity index (χ1v) is 8.35. The van der Waals surface area contributed by atoms with Gasteiger partial charge in [-0.2, -0.15) is 11.8 Å². The fourth-order valence-corrected chi connectivity index (χ4v) is 5.26. The Balaban J connectivity index is 1.60. The van der Waals surface area contributed by atoms with Crippen molar-refractivity contribution in [2.45, 2.75) is 24.0 Å². The van der Waals surface area contributed by atoms with Crippen molar-refractivity contribution in [1.82, 2.24) is 0 Å². The number of carbonyl (C=O) groups excluding carboxylic acids is 1. The summed E-state index contributed by atoms with van der Waals surface area (Å²) in [5.74, 6) is 4.36. The van der Waals surface area contributed by atoms with Crippen LogP contribution in [0.5, 0.6) is 0 Å². The van der Waals surface area contributed by atoms with Gasteiger partial charge in [-0.3, -0.25) is 4.79 Å². The molecule has 90 valence electrons. The summed E-state index contributed by atoms with van der Waals surface area (Å²) >= 11 is 3.79. The second kappa shape index (κ2) is 5.07. The Morgan fingerprint density at radius 3 is 2.94 bits per heavy atom. The third kappa shape index (κ3) is 2.41. The number of thioether (sulfide) groups is 2. The van der Waals surface area contributed by atoms with Gasteiger partial charge in [0, 0.05) is 23.7 Å². The number of hydrogen-bond acceptors (Lipinski definition) is 3. The van der Waals surface area contributed by atoms with Crippen LogP contribution in [0.1, 0.15) is 23.5 Å². The lowest BCUT2D eigenvalue weighted by atomic mass is 9.75. The van der Waals surface area contributed by atoms with E-state index in [4.69, 9.17) is 0 Å². The number of carbonyl (C=O) groups is 1. The zero-order valence-electron chi connectivity index (χ0n) is 9.72. The number of hydrogen-bond donors (Lipinski definition) is 0. The number of benzene rings is 1. The van der Waals surface area contributed by atoms with Crippen molar-refractivity contribution in [2.24, 2.45) is 0 Å². The molecule has 2 unspecified atom stereocenters. The van der Waals surface area contributed by atoms with Gasteiger partial charge in [0.05, 0.1) is 5.25 Å². The maximum absolute atomic E-state index is 12.2. The van der Waals surface area contributed by atoms with Gasteiger partial charge in [-0.25, -0.2) is 0 Å². The molecule has 1 heterocycles. The van der Waals surface area contributed by atoms with Gasteiger partial charge < -0.3 is 0 Å². The molecule has 1 aromatic carbocycles. The minimum atomic E-state index is 0.265. The van der Waals surface area contributed by atoms with E-state index in [9.17, 15) is 4.79 Å². The first-order valence-electron chi connectivity index (χ1n) is 6.14. The highest BCUT2D eigenvalue weighted by molar-refractivity contribution is 8.07. The van der Waals surface area contributed by atoms with E-state index in [0.29, 0.717) is 11.7 Å². The van der Waals surface area contributed by atoms with E-state index < -0.39 is 0 Å². The first kappa shape index (κ1) is 11.7. The van der Waals surface area contributed by atoms with Crippen molar-refractivity contribution < 1.29 is 4.79 Å². The standard InChI is InChI=1S/C14H16OS2/c15-13(14-9-16-5-6-17-14)8-11-7-10-3-1-2-4-12(10)11/h1-4,11,14H,5-9H2. The Hall–Kier alpha value is -0.410. The molecule has 17 heavy (non-hydrogen) atoms. The van der Waals surface area contributed by atoms with Crippen LogP contribution >= 0.6 is 23.5 Å². The summed E-state index contributed by atoms with van der Waals surface area (Å²) in [7, 11) is 0. The van der Waals surface area contributed by atoms with Gasteiger partial charge in [0.1, 0.15) is 5.78 Å². The van der Waals surface area contributed by atoms with Crippen molar-refractivity contribution in [1.29, 1.82) is 0 Å². The average molecular weight is 264 g/mol. The second-order valence-electron chi connectivity index (χ2n) is 4.70. The summed E-state index contributed by atoms with van der Waals surface area (Å²) in [6, 6.07) is 8.53.